The summed E-state index contributed by atoms with van der Waals surface area (Å²) in [6, 6.07) is 9.32. The first-order valence-electron chi connectivity index (χ1n) is 8.78. The smallest absolute Gasteiger partial charge is 0.280 e. The Morgan fingerprint density at radius 1 is 1.15 bits per heavy atom. The molecule has 4 rings (SSSR count). The number of hydrogen-bond donors (Lipinski definition) is 1. The molecule has 138 valence electrons. The molecule has 4 aromatic rings. The third-order valence-electron chi connectivity index (χ3n) is 4.55. The highest BCUT2D eigenvalue weighted by Gasteiger charge is 2.18. The van der Waals surface area contributed by atoms with Crippen LogP contribution in [-0.2, 0) is 13.0 Å². The van der Waals surface area contributed by atoms with Crippen molar-refractivity contribution in [3.63, 3.8) is 0 Å². The maximum Gasteiger partial charge on any atom is 0.280 e. The average Bonchev–Trinajstić information content (AvgIpc) is 3.07. The van der Waals surface area contributed by atoms with E-state index in [1.165, 1.54) is 4.57 Å². The first-order chi connectivity index (χ1) is 13.1. The lowest BCUT2D eigenvalue weighted by Gasteiger charge is -2.06. The molecular weight excluding hydrogens is 366 g/mol. The third kappa shape index (κ3) is 2.98. The summed E-state index contributed by atoms with van der Waals surface area (Å²) in [5.74, 6) is 0. The molecule has 0 radical (unpaired) electrons. The summed E-state index contributed by atoms with van der Waals surface area (Å²) in [6.07, 6.45) is 2.93. The minimum Gasteiger partial charge on any atom is -0.396 e. The van der Waals surface area contributed by atoms with Gasteiger partial charge >= 0.3 is 0 Å². The van der Waals surface area contributed by atoms with E-state index in [1.54, 1.807) is 10.7 Å². The molecule has 0 atom stereocenters. The first-order valence-corrected chi connectivity index (χ1v) is 9.16. The molecule has 0 bridgehead atoms. The Kier molecular flexibility index (Phi) is 4.63. The van der Waals surface area contributed by atoms with E-state index in [0.717, 1.165) is 23.2 Å². The summed E-state index contributed by atoms with van der Waals surface area (Å²) in [5.41, 5.74) is 3.97. The van der Waals surface area contributed by atoms with E-state index in [-0.39, 0.29) is 17.7 Å². The Balaban J connectivity index is 1.97. The molecule has 0 aliphatic carbocycles. The van der Waals surface area contributed by atoms with E-state index < -0.39 is 0 Å². The molecule has 0 saturated carbocycles. The molecule has 0 aliphatic heterocycles. The Morgan fingerprint density at radius 2 is 1.93 bits per heavy atom. The Labute approximate surface area is 159 Å². The van der Waals surface area contributed by atoms with Crippen molar-refractivity contribution in [1.82, 2.24) is 24.4 Å². The van der Waals surface area contributed by atoms with Crippen molar-refractivity contribution >= 4 is 28.3 Å². The fourth-order valence-electron chi connectivity index (χ4n) is 3.21. The molecule has 0 spiro atoms. The molecule has 0 fully saturated rings. The van der Waals surface area contributed by atoms with E-state index in [9.17, 15) is 4.79 Å². The van der Waals surface area contributed by atoms with Gasteiger partial charge < -0.3 is 9.67 Å². The molecule has 8 heteroatoms. The first kappa shape index (κ1) is 17.6. The van der Waals surface area contributed by atoms with E-state index >= 15 is 0 Å². The van der Waals surface area contributed by atoms with Gasteiger partial charge in [0, 0.05) is 24.4 Å². The van der Waals surface area contributed by atoms with Crippen LogP contribution in [0.25, 0.3) is 27.8 Å². The van der Waals surface area contributed by atoms with Crippen LogP contribution in [-0.4, -0.2) is 36.1 Å². The molecule has 0 amide bonds. The van der Waals surface area contributed by atoms with Gasteiger partial charge in [-0.2, -0.15) is 5.10 Å². The number of halogens is 1. The van der Waals surface area contributed by atoms with Gasteiger partial charge in [0.1, 0.15) is 5.52 Å². The molecule has 3 aromatic heterocycles. The Bertz CT molecular complexity index is 1180. The number of aliphatic hydroxyl groups excluding tert-OH is 1. The molecule has 0 unspecified atom stereocenters. The number of fused-ring (bicyclic) bond motifs is 3. The van der Waals surface area contributed by atoms with Crippen LogP contribution in [0.5, 0.6) is 0 Å². The zero-order valence-corrected chi connectivity index (χ0v) is 15.5. The minimum atomic E-state index is -0.239. The molecule has 0 saturated heterocycles. The molecular formula is C19H18ClN5O2. The second-order valence-electron chi connectivity index (χ2n) is 6.24. The predicted molar refractivity (Wildman–Crippen MR) is 104 cm³/mol. The zero-order chi connectivity index (χ0) is 19.0. The lowest BCUT2D eigenvalue weighted by molar-refractivity contribution is 0.279. The number of pyridine rings is 1. The van der Waals surface area contributed by atoms with Crippen molar-refractivity contribution in [1.29, 1.82) is 0 Å². The van der Waals surface area contributed by atoms with Crippen molar-refractivity contribution in [3.8, 4) is 11.1 Å². The normalized spacial score (nSPS) is 11.5. The summed E-state index contributed by atoms with van der Waals surface area (Å²) in [6.45, 7) is 2.48. The Hall–Kier alpha value is -2.77. The van der Waals surface area contributed by atoms with Gasteiger partial charge in [0.05, 0.1) is 11.3 Å². The number of benzene rings is 1. The SMILES string of the molecule is CCc1nn2c(nnc3c(=O)n(CCCO)ccc32)c1-c1ccc(Cl)cc1. The molecule has 3 heterocycles. The maximum absolute atomic E-state index is 12.7. The van der Waals surface area contributed by atoms with Crippen molar-refractivity contribution in [2.24, 2.45) is 0 Å². The highest BCUT2D eigenvalue weighted by atomic mass is 35.5. The number of aryl methyl sites for hydroxylation is 2. The van der Waals surface area contributed by atoms with Crippen LogP contribution in [0.1, 0.15) is 19.0 Å². The van der Waals surface area contributed by atoms with Crippen LogP contribution in [0.2, 0.25) is 5.02 Å². The zero-order valence-electron chi connectivity index (χ0n) is 14.8. The summed E-state index contributed by atoms with van der Waals surface area (Å²) >= 11 is 6.01. The molecule has 0 aliphatic rings. The summed E-state index contributed by atoms with van der Waals surface area (Å²) < 4.78 is 3.21. The summed E-state index contributed by atoms with van der Waals surface area (Å²) in [7, 11) is 0. The second-order valence-corrected chi connectivity index (χ2v) is 6.68. The topological polar surface area (TPSA) is 85.3 Å². The predicted octanol–water partition coefficient (Wildman–Crippen LogP) is 2.70. The summed E-state index contributed by atoms with van der Waals surface area (Å²) in [5, 5.41) is 22.8. The van der Waals surface area contributed by atoms with Gasteiger partial charge in [0.2, 0.25) is 0 Å². The van der Waals surface area contributed by atoms with Gasteiger partial charge in [0.25, 0.3) is 5.56 Å². The van der Waals surface area contributed by atoms with Crippen molar-refractivity contribution in [2.45, 2.75) is 26.3 Å². The van der Waals surface area contributed by atoms with Crippen LogP contribution >= 0.6 is 11.6 Å². The van der Waals surface area contributed by atoms with Crippen LogP contribution in [0.3, 0.4) is 0 Å². The molecule has 1 aromatic carbocycles. The highest BCUT2D eigenvalue weighted by Crippen LogP contribution is 2.29. The molecule has 1 N–H and O–H groups in total. The number of rotatable bonds is 5. The average molecular weight is 384 g/mol. The van der Waals surface area contributed by atoms with Crippen molar-refractivity contribution < 1.29 is 5.11 Å². The van der Waals surface area contributed by atoms with Gasteiger partial charge in [-0.15, -0.1) is 10.2 Å². The van der Waals surface area contributed by atoms with E-state index in [1.807, 2.05) is 37.3 Å². The van der Waals surface area contributed by atoms with Gasteiger partial charge in [-0.25, -0.2) is 4.52 Å². The fraction of sp³-hybridized carbons (Fsp3) is 0.263. The lowest BCUT2D eigenvalue weighted by atomic mass is 10.0. The number of nitrogens with zero attached hydrogens (tertiary/aromatic N) is 5. The highest BCUT2D eigenvalue weighted by molar-refractivity contribution is 6.30. The Morgan fingerprint density at radius 3 is 2.63 bits per heavy atom. The minimum absolute atomic E-state index is 0.0264. The number of aliphatic hydroxyl groups is 1. The van der Waals surface area contributed by atoms with Crippen molar-refractivity contribution in [3.05, 3.63) is 57.6 Å². The third-order valence-corrected chi connectivity index (χ3v) is 4.80. The van der Waals surface area contributed by atoms with Crippen LogP contribution in [0, 0.1) is 0 Å². The second kappa shape index (κ2) is 7.09. The van der Waals surface area contributed by atoms with E-state index in [0.29, 0.717) is 29.2 Å². The van der Waals surface area contributed by atoms with Crippen LogP contribution in [0.4, 0.5) is 0 Å². The van der Waals surface area contributed by atoms with Gasteiger partial charge in [-0.05, 0) is 36.6 Å². The molecule has 7 nitrogen and oxygen atoms in total. The molecule has 27 heavy (non-hydrogen) atoms. The van der Waals surface area contributed by atoms with E-state index in [2.05, 4.69) is 15.3 Å². The fourth-order valence-corrected chi connectivity index (χ4v) is 3.33. The monoisotopic (exact) mass is 383 g/mol. The van der Waals surface area contributed by atoms with Gasteiger partial charge in [-0.1, -0.05) is 30.7 Å². The quantitative estimate of drug-likeness (QED) is 0.572. The van der Waals surface area contributed by atoms with Crippen LogP contribution in [0.15, 0.2) is 41.3 Å². The number of hydrogen-bond acceptors (Lipinski definition) is 5. The van der Waals surface area contributed by atoms with Gasteiger partial charge in [-0.3, -0.25) is 4.79 Å². The number of aromatic nitrogens is 5. The standard InChI is InChI=1S/C19H18ClN5O2/c1-2-14-16(12-4-6-13(20)7-5-12)18-22-21-17-15(25(18)23-14)8-10-24(19(17)27)9-3-11-26/h4-8,10,26H,2-3,9,11H2,1H3. The van der Waals surface area contributed by atoms with Gasteiger partial charge in [0.15, 0.2) is 11.2 Å². The maximum atomic E-state index is 12.7. The largest absolute Gasteiger partial charge is 0.396 e. The van der Waals surface area contributed by atoms with E-state index in [4.69, 9.17) is 16.7 Å². The lowest BCUT2D eigenvalue weighted by Crippen LogP contribution is -2.22. The van der Waals surface area contributed by atoms with Crippen molar-refractivity contribution in [2.75, 3.05) is 6.61 Å². The van der Waals surface area contributed by atoms with Crippen LogP contribution < -0.4 is 5.56 Å². The summed E-state index contributed by atoms with van der Waals surface area (Å²) in [4.78, 5) is 12.7.